The normalized spacial score (nSPS) is 28.3. The summed E-state index contributed by atoms with van der Waals surface area (Å²) in [6, 6.07) is 0.475. The van der Waals surface area contributed by atoms with Gasteiger partial charge in [-0.25, -0.2) is 4.79 Å². The fourth-order valence-electron chi connectivity index (χ4n) is 2.26. The van der Waals surface area contributed by atoms with Gasteiger partial charge in [0, 0.05) is 18.7 Å². The molecule has 1 aromatic heterocycles. The molecule has 1 fully saturated rings. The molecule has 0 spiro atoms. The summed E-state index contributed by atoms with van der Waals surface area (Å²) in [7, 11) is 0. The Morgan fingerprint density at radius 2 is 2.18 bits per heavy atom. The molecule has 1 aromatic rings. The molecular formula is C13H19N3O6. The molecule has 4 N–H and O–H groups in total. The second-order valence-electron chi connectivity index (χ2n) is 5.14. The summed E-state index contributed by atoms with van der Waals surface area (Å²) in [5.74, 6) is -0.254. The van der Waals surface area contributed by atoms with Gasteiger partial charge >= 0.3 is 5.69 Å². The molecule has 1 aliphatic heterocycles. The lowest BCUT2D eigenvalue weighted by atomic mass is 9.97. The van der Waals surface area contributed by atoms with Crippen molar-refractivity contribution in [1.82, 2.24) is 14.9 Å². The number of amides is 1. The monoisotopic (exact) mass is 313 g/mol. The summed E-state index contributed by atoms with van der Waals surface area (Å²) in [4.78, 5) is 36.0. The maximum Gasteiger partial charge on any atom is 0.328 e. The molecule has 122 valence electrons. The number of aliphatic hydroxyl groups is 2. The summed E-state index contributed by atoms with van der Waals surface area (Å²) >= 11 is 0. The average molecular weight is 313 g/mol. The van der Waals surface area contributed by atoms with Gasteiger partial charge in [-0.3, -0.25) is 19.1 Å². The molecule has 2 heterocycles. The molecule has 1 amide bonds. The van der Waals surface area contributed by atoms with Crippen LogP contribution in [-0.2, 0) is 16.1 Å². The van der Waals surface area contributed by atoms with Crippen molar-refractivity contribution in [2.24, 2.45) is 0 Å². The average Bonchev–Trinajstić information content (AvgIpc) is 2.49. The van der Waals surface area contributed by atoms with Crippen LogP contribution in [0.15, 0.2) is 21.9 Å². The Balaban J connectivity index is 2.04. The van der Waals surface area contributed by atoms with Gasteiger partial charge in [-0.2, -0.15) is 0 Å². The van der Waals surface area contributed by atoms with E-state index in [0.29, 0.717) is 0 Å². The van der Waals surface area contributed by atoms with Crippen LogP contribution in [-0.4, -0.2) is 56.6 Å². The van der Waals surface area contributed by atoms with E-state index >= 15 is 0 Å². The van der Waals surface area contributed by atoms with E-state index < -0.39 is 35.6 Å². The number of H-pyrrole nitrogens is 1. The number of nitrogens with zero attached hydrogens (tertiary/aromatic N) is 1. The van der Waals surface area contributed by atoms with Crippen LogP contribution in [0.1, 0.15) is 13.3 Å². The fourth-order valence-corrected chi connectivity index (χ4v) is 2.26. The molecular weight excluding hydrogens is 294 g/mol. The van der Waals surface area contributed by atoms with E-state index in [1.165, 1.54) is 16.8 Å². The lowest BCUT2D eigenvalue weighted by Crippen LogP contribution is -2.60. The van der Waals surface area contributed by atoms with E-state index in [9.17, 15) is 24.6 Å². The third-order valence-electron chi connectivity index (χ3n) is 3.57. The molecule has 0 radical (unpaired) electrons. The van der Waals surface area contributed by atoms with Gasteiger partial charge in [0.25, 0.3) is 5.56 Å². The predicted octanol–water partition coefficient (Wildman–Crippen LogP) is -2.45. The minimum Gasteiger partial charge on any atom is -0.388 e. The Hall–Kier alpha value is -1.97. The minimum atomic E-state index is -1.27. The van der Waals surface area contributed by atoms with E-state index in [-0.39, 0.29) is 25.5 Å². The molecule has 1 saturated heterocycles. The summed E-state index contributed by atoms with van der Waals surface area (Å²) < 4.78 is 6.60. The third-order valence-corrected chi connectivity index (χ3v) is 3.57. The second kappa shape index (κ2) is 6.86. The topological polar surface area (TPSA) is 134 Å². The predicted molar refractivity (Wildman–Crippen MR) is 75.3 cm³/mol. The summed E-state index contributed by atoms with van der Waals surface area (Å²) in [5.41, 5.74) is -1.15. The van der Waals surface area contributed by atoms with Gasteiger partial charge in [-0.1, -0.05) is 6.92 Å². The van der Waals surface area contributed by atoms with E-state index in [2.05, 4.69) is 10.3 Å². The van der Waals surface area contributed by atoms with Crippen molar-refractivity contribution in [1.29, 1.82) is 0 Å². The van der Waals surface area contributed by atoms with E-state index in [0.717, 1.165) is 0 Å². The molecule has 9 nitrogen and oxygen atoms in total. The highest BCUT2D eigenvalue weighted by atomic mass is 16.5. The Bertz CT molecular complexity index is 639. The minimum absolute atomic E-state index is 0.0206. The van der Waals surface area contributed by atoms with Crippen LogP contribution in [0.5, 0.6) is 0 Å². The zero-order chi connectivity index (χ0) is 16.3. The van der Waals surface area contributed by atoms with Gasteiger partial charge in [-0.05, 0) is 0 Å². The Labute approximate surface area is 125 Å². The first kappa shape index (κ1) is 16.4. The zero-order valence-corrected chi connectivity index (χ0v) is 12.1. The highest BCUT2D eigenvalue weighted by Crippen LogP contribution is 2.17. The summed E-state index contributed by atoms with van der Waals surface area (Å²) in [6.07, 6.45) is -1.75. The van der Waals surface area contributed by atoms with Crippen molar-refractivity contribution in [2.75, 3.05) is 6.61 Å². The lowest BCUT2D eigenvalue weighted by Gasteiger charge is -2.38. The highest BCUT2D eigenvalue weighted by Gasteiger charge is 2.39. The third kappa shape index (κ3) is 3.62. The summed E-state index contributed by atoms with van der Waals surface area (Å²) in [5, 5.41) is 22.7. The number of ether oxygens (including phenoxy) is 1. The standard InChI is InChI=1S/C13H19N3O6/c1-2-9(17)14-7-6-22-8(12(20)11(7)19)5-16-4-3-10(18)15-13(16)21/h3-4,7-8,11-12,19-20H,2,5-6H2,1H3,(H,14,17)(H,15,18,21)/t7-,8-,11+,12-/m1/s1. The molecule has 0 unspecified atom stereocenters. The van der Waals surface area contributed by atoms with Crippen LogP contribution in [0.3, 0.4) is 0 Å². The maximum absolute atomic E-state index is 11.6. The molecule has 0 aromatic carbocycles. The number of nitrogens with one attached hydrogen (secondary N) is 2. The summed E-state index contributed by atoms with van der Waals surface area (Å²) in [6.45, 7) is 1.67. The SMILES string of the molecule is CCC(=O)N[C@@H]1CO[C@H](Cn2ccc(=O)[nH]c2=O)[C@@H](O)[C@H]1O. The number of aromatic nitrogens is 2. The number of aliphatic hydroxyl groups excluding tert-OH is 2. The maximum atomic E-state index is 11.6. The van der Waals surface area contributed by atoms with E-state index in [4.69, 9.17) is 4.74 Å². The lowest BCUT2D eigenvalue weighted by molar-refractivity contribution is -0.158. The van der Waals surface area contributed by atoms with Crippen molar-refractivity contribution >= 4 is 5.91 Å². The molecule has 0 aliphatic carbocycles. The molecule has 1 aliphatic rings. The van der Waals surface area contributed by atoms with Crippen molar-refractivity contribution < 1.29 is 19.7 Å². The largest absolute Gasteiger partial charge is 0.388 e. The van der Waals surface area contributed by atoms with Crippen molar-refractivity contribution in [3.05, 3.63) is 33.1 Å². The Kier molecular flexibility index (Phi) is 5.11. The Morgan fingerprint density at radius 1 is 1.45 bits per heavy atom. The van der Waals surface area contributed by atoms with Crippen LogP contribution in [0.25, 0.3) is 0 Å². The van der Waals surface area contributed by atoms with E-state index in [1.54, 1.807) is 6.92 Å². The first-order valence-electron chi connectivity index (χ1n) is 6.99. The van der Waals surface area contributed by atoms with Crippen LogP contribution >= 0.6 is 0 Å². The molecule has 9 heteroatoms. The number of hydrogen-bond acceptors (Lipinski definition) is 6. The number of carbonyl (C=O) groups is 1. The molecule has 0 saturated carbocycles. The molecule has 4 atom stereocenters. The smallest absolute Gasteiger partial charge is 0.328 e. The van der Waals surface area contributed by atoms with Crippen LogP contribution in [0, 0.1) is 0 Å². The number of carbonyl (C=O) groups excluding carboxylic acids is 1. The highest BCUT2D eigenvalue weighted by molar-refractivity contribution is 5.75. The van der Waals surface area contributed by atoms with Crippen molar-refractivity contribution in [3.8, 4) is 0 Å². The van der Waals surface area contributed by atoms with Gasteiger partial charge in [0.15, 0.2) is 0 Å². The van der Waals surface area contributed by atoms with Gasteiger partial charge < -0.3 is 20.3 Å². The fraction of sp³-hybridized carbons (Fsp3) is 0.615. The van der Waals surface area contributed by atoms with Gasteiger partial charge in [0.2, 0.25) is 5.91 Å². The van der Waals surface area contributed by atoms with Crippen LogP contribution in [0.2, 0.25) is 0 Å². The van der Waals surface area contributed by atoms with Crippen molar-refractivity contribution in [3.63, 3.8) is 0 Å². The number of rotatable bonds is 4. The van der Waals surface area contributed by atoms with Gasteiger partial charge in [-0.15, -0.1) is 0 Å². The van der Waals surface area contributed by atoms with Crippen LogP contribution in [0.4, 0.5) is 0 Å². The molecule has 2 rings (SSSR count). The second-order valence-corrected chi connectivity index (χ2v) is 5.14. The van der Waals surface area contributed by atoms with Gasteiger partial charge in [0.05, 0.1) is 19.2 Å². The van der Waals surface area contributed by atoms with Crippen molar-refractivity contribution in [2.45, 2.75) is 44.2 Å². The Morgan fingerprint density at radius 3 is 2.82 bits per heavy atom. The van der Waals surface area contributed by atoms with E-state index in [1.807, 2.05) is 0 Å². The number of aromatic amines is 1. The molecule has 0 bridgehead atoms. The zero-order valence-electron chi connectivity index (χ0n) is 12.1. The first-order valence-corrected chi connectivity index (χ1v) is 6.99. The van der Waals surface area contributed by atoms with Gasteiger partial charge in [0.1, 0.15) is 18.3 Å². The number of hydrogen-bond donors (Lipinski definition) is 4. The first-order chi connectivity index (χ1) is 10.4. The molecule has 22 heavy (non-hydrogen) atoms. The van der Waals surface area contributed by atoms with Crippen LogP contribution < -0.4 is 16.6 Å². The quantitative estimate of drug-likeness (QED) is 0.488.